The van der Waals surface area contributed by atoms with E-state index in [0.717, 1.165) is 15.6 Å². The van der Waals surface area contributed by atoms with Gasteiger partial charge in [0.2, 0.25) is 0 Å². The summed E-state index contributed by atoms with van der Waals surface area (Å²) < 4.78 is 6.88. The van der Waals surface area contributed by atoms with Crippen molar-refractivity contribution < 1.29 is 4.74 Å². The highest BCUT2D eigenvalue weighted by atomic mass is 127. The first-order chi connectivity index (χ1) is 2.91. The summed E-state index contributed by atoms with van der Waals surface area (Å²) >= 11 is 4.47. The zero-order valence-corrected chi connectivity index (χ0v) is 7.60. The number of hydrogen-bond acceptors (Lipinski definition) is 1. The smallest absolute Gasteiger partial charge is 0.0979 e. The summed E-state index contributed by atoms with van der Waals surface area (Å²) in [6.07, 6.45) is 0. The largest absolute Gasteiger partial charge is 0.370 e. The maximum Gasteiger partial charge on any atom is 0.0979 e. The average Bonchev–Trinajstić information content (AvgIpc) is 1.61. The van der Waals surface area contributed by atoms with Gasteiger partial charge < -0.3 is 4.74 Å². The normalized spacial score (nSPS) is 9.00. The number of hydrogen-bond donors (Lipinski definition) is 0. The number of ether oxygens (including phenoxy) is 1. The van der Waals surface area contributed by atoms with Crippen molar-refractivity contribution in [3.8, 4) is 0 Å². The Balaban J connectivity index is 2.34. The van der Waals surface area contributed by atoms with E-state index < -0.39 is 0 Å². The van der Waals surface area contributed by atoms with Gasteiger partial charge in [-0.25, -0.2) is 0 Å². The minimum absolute atomic E-state index is 0.820. The van der Waals surface area contributed by atoms with Crippen LogP contribution >= 0.6 is 45.2 Å². The molecule has 0 spiro atoms. The van der Waals surface area contributed by atoms with Gasteiger partial charge in [0.15, 0.2) is 0 Å². The minimum atomic E-state index is 0.820. The van der Waals surface area contributed by atoms with E-state index in [2.05, 4.69) is 45.2 Å². The molecule has 1 nitrogen and oxygen atoms in total. The summed E-state index contributed by atoms with van der Waals surface area (Å²) in [7, 11) is 0. The van der Waals surface area contributed by atoms with Crippen LogP contribution in [0.15, 0.2) is 0 Å². The van der Waals surface area contributed by atoms with E-state index in [1.165, 1.54) is 0 Å². The second-order valence-corrected chi connectivity index (χ2v) is 2.41. The van der Waals surface area contributed by atoms with E-state index in [1.54, 1.807) is 0 Å². The van der Waals surface area contributed by atoms with Crippen LogP contribution in [0.3, 0.4) is 0 Å². The van der Waals surface area contributed by atoms with Gasteiger partial charge in [-0.05, 0) is 0 Å². The van der Waals surface area contributed by atoms with E-state index in [4.69, 9.17) is 4.74 Å². The molecule has 0 radical (unpaired) electrons. The van der Waals surface area contributed by atoms with Gasteiger partial charge in [-0.3, -0.25) is 0 Å². The van der Waals surface area contributed by atoms with E-state index in [-0.39, 0.29) is 0 Å². The highest BCUT2D eigenvalue weighted by molar-refractivity contribution is 14.1. The lowest BCUT2D eigenvalue weighted by Gasteiger charge is -1.89. The monoisotopic (exact) mass is 312 g/mol. The average molecular weight is 312 g/mol. The summed E-state index contributed by atoms with van der Waals surface area (Å²) in [5.74, 6) is 0. The second kappa shape index (κ2) is 6.42. The van der Waals surface area contributed by atoms with Crippen LogP contribution in [0.4, 0.5) is 0 Å². The summed E-state index contributed by atoms with van der Waals surface area (Å²) in [6.45, 7) is 0.892. The molecule has 0 atom stereocenters. The molecule has 0 fully saturated rings. The highest BCUT2D eigenvalue weighted by Gasteiger charge is 1.75. The fourth-order valence-electron chi connectivity index (χ4n) is 0.109. The summed E-state index contributed by atoms with van der Waals surface area (Å²) in [4.78, 5) is 0. The van der Waals surface area contributed by atoms with Crippen LogP contribution in [0.25, 0.3) is 0 Å². The molecule has 0 saturated heterocycles. The molecule has 0 bridgehead atoms. The van der Waals surface area contributed by atoms with E-state index >= 15 is 0 Å². The molecule has 0 saturated carbocycles. The Morgan fingerprint density at radius 3 is 2.17 bits per heavy atom. The molecule has 0 aliphatic heterocycles. The van der Waals surface area contributed by atoms with Crippen molar-refractivity contribution in [1.82, 2.24) is 0 Å². The zero-order valence-electron chi connectivity index (χ0n) is 3.29. The summed E-state index contributed by atoms with van der Waals surface area (Å²) in [5.41, 5.74) is 0. The van der Waals surface area contributed by atoms with Crippen molar-refractivity contribution in [2.75, 3.05) is 15.6 Å². The Morgan fingerprint density at radius 1 is 1.33 bits per heavy atom. The van der Waals surface area contributed by atoms with Crippen LogP contribution in [0.2, 0.25) is 0 Å². The third-order valence-electron chi connectivity index (χ3n) is 0.299. The molecule has 0 aromatic rings. The van der Waals surface area contributed by atoms with Gasteiger partial charge in [0.25, 0.3) is 0 Å². The van der Waals surface area contributed by atoms with Crippen LogP contribution in [-0.4, -0.2) is 15.6 Å². The highest BCUT2D eigenvalue weighted by Crippen LogP contribution is 1.85. The molecule has 0 aromatic carbocycles. The van der Waals surface area contributed by atoms with Gasteiger partial charge in [-0.1, -0.05) is 45.2 Å². The molecule has 3 heteroatoms. The van der Waals surface area contributed by atoms with Gasteiger partial charge in [0.1, 0.15) is 0 Å². The fraction of sp³-hybridized carbons (Fsp3) is 1.00. The second-order valence-electron chi connectivity index (χ2n) is 0.706. The predicted octanol–water partition coefficient (Wildman–Crippen LogP) is 1.83. The van der Waals surface area contributed by atoms with Crippen molar-refractivity contribution >= 4 is 45.2 Å². The minimum Gasteiger partial charge on any atom is -0.370 e. The number of halogens is 2. The first-order valence-electron chi connectivity index (χ1n) is 1.61. The molecule has 0 aliphatic carbocycles. The molecule has 0 N–H and O–H groups in total. The first-order valence-corrected chi connectivity index (χ1v) is 4.66. The van der Waals surface area contributed by atoms with Crippen LogP contribution in [-0.2, 0) is 4.74 Å². The summed E-state index contributed by atoms with van der Waals surface area (Å²) in [6, 6.07) is 0. The lowest BCUT2D eigenvalue weighted by atomic mass is 10.9. The molecule has 0 amide bonds. The molecule has 0 aromatic heterocycles. The third kappa shape index (κ3) is 5.42. The van der Waals surface area contributed by atoms with Gasteiger partial charge in [-0.15, -0.1) is 0 Å². The van der Waals surface area contributed by atoms with Crippen LogP contribution in [0.1, 0.15) is 0 Å². The standard InChI is InChI=1S/C3H6I2O/c4-1-2-6-3-5/h1-3H2. The van der Waals surface area contributed by atoms with Gasteiger partial charge in [0, 0.05) is 4.43 Å². The Hall–Kier alpha value is 1.42. The Bertz CT molecular complexity index is 20.8. The number of rotatable bonds is 3. The van der Waals surface area contributed by atoms with Crippen molar-refractivity contribution in [3.05, 3.63) is 0 Å². The van der Waals surface area contributed by atoms with Crippen molar-refractivity contribution in [2.24, 2.45) is 0 Å². The van der Waals surface area contributed by atoms with Crippen molar-refractivity contribution in [1.29, 1.82) is 0 Å². The summed E-state index contributed by atoms with van der Waals surface area (Å²) in [5, 5.41) is 0. The van der Waals surface area contributed by atoms with Crippen LogP contribution < -0.4 is 0 Å². The van der Waals surface area contributed by atoms with E-state index in [0.29, 0.717) is 0 Å². The lowest BCUT2D eigenvalue weighted by molar-refractivity contribution is 0.212. The third-order valence-corrected chi connectivity index (χ3v) is 1.18. The number of alkyl halides is 2. The maximum atomic E-state index is 4.96. The van der Waals surface area contributed by atoms with Gasteiger partial charge in [-0.2, -0.15) is 0 Å². The SMILES string of the molecule is ICCOCI. The van der Waals surface area contributed by atoms with Crippen molar-refractivity contribution in [2.45, 2.75) is 0 Å². The van der Waals surface area contributed by atoms with E-state index in [9.17, 15) is 0 Å². The quantitative estimate of drug-likeness (QED) is 0.439. The maximum absolute atomic E-state index is 4.96. The molecule has 0 heterocycles. The zero-order chi connectivity index (χ0) is 4.83. The molecule has 38 valence electrons. The molecule has 0 unspecified atom stereocenters. The molecule has 0 rings (SSSR count). The Labute approximate surface area is 65.1 Å². The molecular weight excluding hydrogens is 306 g/mol. The van der Waals surface area contributed by atoms with E-state index in [1.807, 2.05) is 0 Å². The Morgan fingerprint density at radius 2 is 2.00 bits per heavy atom. The molecular formula is C3H6I2O. The first kappa shape index (κ1) is 7.42. The van der Waals surface area contributed by atoms with Crippen LogP contribution in [0, 0.1) is 0 Å². The lowest BCUT2D eigenvalue weighted by Crippen LogP contribution is -1.89. The fourth-order valence-corrected chi connectivity index (χ4v) is 0.732. The van der Waals surface area contributed by atoms with Gasteiger partial charge >= 0.3 is 0 Å². The molecule has 0 aliphatic rings. The van der Waals surface area contributed by atoms with Crippen molar-refractivity contribution in [3.63, 3.8) is 0 Å². The topological polar surface area (TPSA) is 9.23 Å². The Kier molecular flexibility index (Phi) is 7.94. The molecule has 6 heavy (non-hydrogen) atoms. The van der Waals surface area contributed by atoms with Crippen LogP contribution in [0.5, 0.6) is 0 Å². The predicted molar refractivity (Wildman–Crippen MR) is 43.7 cm³/mol. The van der Waals surface area contributed by atoms with Gasteiger partial charge in [0.05, 0.1) is 11.2 Å².